The average Bonchev–Trinajstić information content (AvgIpc) is 3.11. The summed E-state index contributed by atoms with van der Waals surface area (Å²) in [4.78, 5) is 15.1. The number of nitrogens with two attached hydrogens (primary N) is 1. The van der Waals surface area contributed by atoms with Crippen molar-refractivity contribution in [1.82, 2.24) is 9.47 Å². The summed E-state index contributed by atoms with van der Waals surface area (Å²) in [6, 6.07) is 0. The fourth-order valence-electron chi connectivity index (χ4n) is 2.97. The van der Waals surface area contributed by atoms with Crippen LogP contribution >= 0.6 is 23.6 Å². The molecule has 2 aliphatic heterocycles. The summed E-state index contributed by atoms with van der Waals surface area (Å²) in [5.74, 6) is 0.547. The van der Waals surface area contributed by atoms with Crippen LogP contribution in [-0.2, 0) is 11.3 Å². The highest BCUT2D eigenvalue weighted by molar-refractivity contribution is 7.73. The van der Waals surface area contributed by atoms with Gasteiger partial charge in [0.1, 0.15) is 10.7 Å². The molecule has 5 nitrogen and oxygen atoms in total. The van der Waals surface area contributed by atoms with E-state index in [0.29, 0.717) is 21.2 Å². The lowest BCUT2D eigenvalue weighted by Crippen LogP contribution is -2.35. The van der Waals surface area contributed by atoms with Gasteiger partial charge in [0.2, 0.25) is 0 Å². The molecular formula is C14H21N3O2S2. The quantitative estimate of drug-likeness (QED) is 0.867. The van der Waals surface area contributed by atoms with Crippen LogP contribution in [-0.4, -0.2) is 41.2 Å². The number of anilines is 1. The lowest BCUT2D eigenvalue weighted by molar-refractivity contribution is 0.0728. The number of amides is 1. The van der Waals surface area contributed by atoms with Crippen LogP contribution in [0.3, 0.4) is 0 Å². The van der Waals surface area contributed by atoms with Gasteiger partial charge in [0.05, 0.1) is 12.6 Å². The minimum absolute atomic E-state index is 0.0365. The van der Waals surface area contributed by atoms with E-state index in [4.69, 9.17) is 22.7 Å². The standard InChI is InChI=1S/C14H21N3O2S2/c15-12-11(13(18)16-6-2-1-3-7-16)21-14(20)17(12)9-10-5-4-8-19-10/h10H,1-9,15H2/t10-/m0/s1. The Morgan fingerprint density at radius 2 is 2.10 bits per heavy atom. The smallest absolute Gasteiger partial charge is 0.267 e. The Morgan fingerprint density at radius 1 is 1.33 bits per heavy atom. The van der Waals surface area contributed by atoms with E-state index in [0.717, 1.165) is 45.4 Å². The Kier molecular flexibility index (Phi) is 4.61. The SMILES string of the molecule is Nc1c(C(=O)N2CCCCC2)sc(=S)n1C[C@@H]1CCCO1. The topological polar surface area (TPSA) is 60.5 Å². The largest absolute Gasteiger partial charge is 0.384 e. The molecule has 0 aliphatic carbocycles. The Morgan fingerprint density at radius 3 is 2.76 bits per heavy atom. The van der Waals surface area contributed by atoms with Gasteiger partial charge in [-0.1, -0.05) is 11.3 Å². The highest BCUT2D eigenvalue weighted by atomic mass is 32.1. The molecular weight excluding hydrogens is 306 g/mol. The normalized spacial score (nSPS) is 22.7. The lowest BCUT2D eigenvalue weighted by Gasteiger charge is -2.26. The molecule has 0 bridgehead atoms. The first-order valence-electron chi connectivity index (χ1n) is 7.57. The summed E-state index contributed by atoms with van der Waals surface area (Å²) in [7, 11) is 0. The van der Waals surface area contributed by atoms with Crippen LogP contribution in [0.25, 0.3) is 0 Å². The molecule has 2 fully saturated rings. The summed E-state index contributed by atoms with van der Waals surface area (Å²) in [6.45, 7) is 3.12. The molecule has 0 radical (unpaired) electrons. The molecule has 0 spiro atoms. The molecule has 0 saturated carbocycles. The number of carbonyl (C=O) groups is 1. The van der Waals surface area contributed by atoms with Crippen molar-refractivity contribution in [3.63, 3.8) is 0 Å². The molecule has 1 aromatic rings. The van der Waals surface area contributed by atoms with Gasteiger partial charge in [0.15, 0.2) is 3.95 Å². The predicted molar refractivity (Wildman–Crippen MR) is 86.3 cm³/mol. The van der Waals surface area contributed by atoms with Gasteiger partial charge in [0.25, 0.3) is 5.91 Å². The lowest BCUT2D eigenvalue weighted by atomic mass is 10.1. The van der Waals surface area contributed by atoms with E-state index < -0.39 is 0 Å². The monoisotopic (exact) mass is 327 g/mol. The minimum Gasteiger partial charge on any atom is -0.384 e. The molecule has 2 N–H and O–H groups in total. The maximum Gasteiger partial charge on any atom is 0.267 e. The Bertz CT molecular complexity index is 569. The van der Waals surface area contributed by atoms with Crippen LogP contribution < -0.4 is 5.73 Å². The first-order valence-corrected chi connectivity index (χ1v) is 8.79. The van der Waals surface area contributed by atoms with Crippen molar-refractivity contribution in [3.8, 4) is 0 Å². The second-order valence-electron chi connectivity index (χ2n) is 5.68. The number of likely N-dealkylation sites (tertiary alicyclic amines) is 1. The van der Waals surface area contributed by atoms with Gasteiger partial charge in [-0.05, 0) is 44.3 Å². The Hall–Kier alpha value is -0.920. The zero-order valence-electron chi connectivity index (χ0n) is 12.0. The van der Waals surface area contributed by atoms with Crippen molar-refractivity contribution in [2.75, 3.05) is 25.4 Å². The molecule has 1 amide bonds. The maximum atomic E-state index is 12.6. The number of piperidine rings is 1. The van der Waals surface area contributed by atoms with E-state index in [9.17, 15) is 4.79 Å². The van der Waals surface area contributed by atoms with Gasteiger partial charge in [-0.3, -0.25) is 4.79 Å². The predicted octanol–water partition coefficient (Wildman–Crippen LogP) is 2.67. The van der Waals surface area contributed by atoms with E-state index in [1.54, 1.807) is 0 Å². The zero-order chi connectivity index (χ0) is 14.8. The maximum absolute atomic E-state index is 12.6. The number of thiazole rings is 1. The fraction of sp³-hybridized carbons (Fsp3) is 0.714. The molecule has 1 atom stereocenters. The van der Waals surface area contributed by atoms with Gasteiger partial charge in [-0.25, -0.2) is 0 Å². The first kappa shape index (κ1) is 15.0. The molecule has 2 aliphatic rings. The van der Waals surface area contributed by atoms with E-state index in [1.165, 1.54) is 17.8 Å². The van der Waals surface area contributed by atoms with Gasteiger partial charge in [-0.2, -0.15) is 0 Å². The number of hydrogen-bond acceptors (Lipinski definition) is 5. The van der Waals surface area contributed by atoms with Crippen molar-refractivity contribution in [3.05, 3.63) is 8.83 Å². The number of nitrogens with zero attached hydrogens (tertiary/aromatic N) is 2. The number of hydrogen-bond donors (Lipinski definition) is 1. The van der Waals surface area contributed by atoms with E-state index in [2.05, 4.69) is 0 Å². The van der Waals surface area contributed by atoms with Crippen LogP contribution in [0.5, 0.6) is 0 Å². The third-order valence-electron chi connectivity index (χ3n) is 4.18. The highest BCUT2D eigenvalue weighted by Crippen LogP contribution is 2.27. The molecule has 3 heterocycles. The molecule has 0 unspecified atom stereocenters. The third-order valence-corrected chi connectivity index (χ3v) is 5.63. The molecule has 7 heteroatoms. The van der Waals surface area contributed by atoms with Crippen LogP contribution in [0, 0.1) is 3.95 Å². The number of rotatable bonds is 3. The molecule has 116 valence electrons. The van der Waals surface area contributed by atoms with Gasteiger partial charge < -0.3 is 19.9 Å². The van der Waals surface area contributed by atoms with Gasteiger partial charge >= 0.3 is 0 Å². The Labute approximate surface area is 133 Å². The summed E-state index contributed by atoms with van der Waals surface area (Å²) in [5, 5.41) is 0. The van der Waals surface area contributed by atoms with E-state index >= 15 is 0 Å². The number of aromatic nitrogens is 1. The number of carbonyl (C=O) groups excluding carboxylic acids is 1. The van der Waals surface area contributed by atoms with Crippen molar-refractivity contribution < 1.29 is 9.53 Å². The third kappa shape index (κ3) is 3.14. The van der Waals surface area contributed by atoms with Crippen molar-refractivity contribution >= 4 is 35.3 Å². The second kappa shape index (κ2) is 6.46. The summed E-state index contributed by atoms with van der Waals surface area (Å²) >= 11 is 6.72. The molecule has 3 rings (SSSR count). The molecule has 1 aromatic heterocycles. The van der Waals surface area contributed by atoms with Crippen molar-refractivity contribution in [2.24, 2.45) is 0 Å². The fourth-order valence-corrected chi connectivity index (χ4v) is 4.29. The van der Waals surface area contributed by atoms with Crippen LogP contribution in [0.2, 0.25) is 0 Å². The first-order chi connectivity index (χ1) is 10.2. The van der Waals surface area contributed by atoms with Gasteiger partial charge in [-0.15, -0.1) is 0 Å². The second-order valence-corrected chi connectivity index (χ2v) is 7.33. The minimum atomic E-state index is 0.0365. The summed E-state index contributed by atoms with van der Waals surface area (Å²) in [6.07, 6.45) is 5.65. The molecule has 0 aromatic carbocycles. The summed E-state index contributed by atoms with van der Waals surface area (Å²) in [5.41, 5.74) is 6.19. The zero-order valence-corrected chi connectivity index (χ0v) is 13.7. The van der Waals surface area contributed by atoms with Gasteiger partial charge in [0, 0.05) is 19.7 Å². The Balaban J connectivity index is 1.79. The summed E-state index contributed by atoms with van der Waals surface area (Å²) < 4.78 is 8.18. The number of ether oxygens (including phenoxy) is 1. The van der Waals surface area contributed by atoms with E-state index in [-0.39, 0.29) is 12.0 Å². The molecule has 21 heavy (non-hydrogen) atoms. The van der Waals surface area contributed by atoms with Crippen LogP contribution in [0.4, 0.5) is 5.82 Å². The van der Waals surface area contributed by atoms with Crippen LogP contribution in [0.1, 0.15) is 41.8 Å². The van der Waals surface area contributed by atoms with E-state index in [1.807, 2.05) is 9.47 Å². The van der Waals surface area contributed by atoms with Crippen LogP contribution in [0.15, 0.2) is 0 Å². The average molecular weight is 327 g/mol. The van der Waals surface area contributed by atoms with Crippen molar-refractivity contribution in [1.29, 1.82) is 0 Å². The highest BCUT2D eigenvalue weighted by Gasteiger charge is 2.25. The van der Waals surface area contributed by atoms with Crippen molar-refractivity contribution in [2.45, 2.75) is 44.8 Å². The number of nitrogen functional groups attached to an aromatic ring is 1. The molecule has 2 saturated heterocycles.